The SMILES string of the molecule is [C-]#[N+]C1(c2ccc(N3CC(CNC(=S)NC)OC3=O)cc2F)CC1. The topological polar surface area (TPSA) is 58.0 Å². The number of rotatable bonds is 4. The molecule has 1 aliphatic carbocycles. The molecule has 8 heteroatoms. The van der Waals surface area contributed by atoms with E-state index < -0.39 is 17.4 Å². The van der Waals surface area contributed by atoms with E-state index in [1.807, 2.05) is 0 Å². The standard InChI is InChI=1S/C16H17FN4O2S/c1-18-14(24)20-8-11-9-21(15(22)23-11)10-3-4-12(13(17)7-10)16(19-2)5-6-16/h3-4,7,11H,5-6,8-9H2,1H3,(H2,18,20,24). The van der Waals surface area contributed by atoms with Crippen LogP contribution in [0.2, 0.25) is 0 Å². The third kappa shape index (κ3) is 2.99. The van der Waals surface area contributed by atoms with Gasteiger partial charge in [-0.1, -0.05) is 0 Å². The van der Waals surface area contributed by atoms with Gasteiger partial charge in [0, 0.05) is 19.9 Å². The molecule has 1 saturated heterocycles. The van der Waals surface area contributed by atoms with Crippen LogP contribution in [0, 0.1) is 12.4 Å². The Hall–Kier alpha value is -2.40. The zero-order valence-corrected chi connectivity index (χ0v) is 14.0. The molecular weight excluding hydrogens is 331 g/mol. The van der Waals surface area contributed by atoms with Gasteiger partial charge in [0.25, 0.3) is 5.54 Å². The van der Waals surface area contributed by atoms with Crippen molar-refractivity contribution in [2.45, 2.75) is 24.5 Å². The van der Waals surface area contributed by atoms with Gasteiger partial charge in [-0.05, 0) is 30.4 Å². The summed E-state index contributed by atoms with van der Waals surface area (Å²) in [7, 11) is 1.70. The maximum Gasteiger partial charge on any atom is 0.414 e. The average molecular weight is 348 g/mol. The highest BCUT2D eigenvalue weighted by atomic mass is 32.1. The lowest BCUT2D eigenvalue weighted by molar-refractivity contribution is 0.143. The Morgan fingerprint density at radius 1 is 1.58 bits per heavy atom. The summed E-state index contributed by atoms with van der Waals surface area (Å²) in [5.41, 5.74) is 0.135. The van der Waals surface area contributed by atoms with Crippen molar-refractivity contribution in [3.05, 3.63) is 41.0 Å². The maximum absolute atomic E-state index is 14.4. The first-order valence-corrected chi connectivity index (χ1v) is 8.02. The molecule has 126 valence electrons. The number of nitrogens with zero attached hydrogens (tertiary/aromatic N) is 2. The summed E-state index contributed by atoms with van der Waals surface area (Å²) in [6, 6.07) is 4.57. The molecule has 1 heterocycles. The van der Waals surface area contributed by atoms with Crippen LogP contribution in [0.15, 0.2) is 18.2 Å². The van der Waals surface area contributed by atoms with Crippen molar-refractivity contribution < 1.29 is 13.9 Å². The molecule has 3 rings (SSSR count). The normalized spacial score (nSPS) is 21.0. The number of benzene rings is 1. The molecule has 2 aliphatic rings. The van der Waals surface area contributed by atoms with Gasteiger partial charge in [0.15, 0.2) is 5.11 Å². The van der Waals surface area contributed by atoms with Gasteiger partial charge in [-0.25, -0.2) is 15.8 Å². The van der Waals surface area contributed by atoms with Crippen LogP contribution in [-0.2, 0) is 10.3 Å². The van der Waals surface area contributed by atoms with Crippen LogP contribution >= 0.6 is 12.2 Å². The van der Waals surface area contributed by atoms with E-state index in [9.17, 15) is 9.18 Å². The molecule has 0 bridgehead atoms. The summed E-state index contributed by atoms with van der Waals surface area (Å²) in [6.07, 6.45) is 0.468. The third-order valence-corrected chi connectivity index (χ3v) is 4.64. The second-order valence-corrected chi connectivity index (χ2v) is 6.29. The predicted molar refractivity (Wildman–Crippen MR) is 91.2 cm³/mol. The number of halogens is 1. The van der Waals surface area contributed by atoms with Gasteiger partial charge in [-0.3, -0.25) is 4.90 Å². The first-order chi connectivity index (χ1) is 11.5. The number of nitrogens with one attached hydrogen (secondary N) is 2. The van der Waals surface area contributed by atoms with Gasteiger partial charge in [0.2, 0.25) is 0 Å². The Kier molecular flexibility index (Phi) is 4.28. The minimum Gasteiger partial charge on any atom is -0.442 e. The number of carbonyl (C=O) groups is 1. The van der Waals surface area contributed by atoms with E-state index in [1.165, 1.54) is 11.0 Å². The number of hydrogen-bond donors (Lipinski definition) is 2. The summed E-state index contributed by atoms with van der Waals surface area (Å²) in [5.74, 6) is -0.452. The molecule has 6 nitrogen and oxygen atoms in total. The van der Waals surface area contributed by atoms with Gasteiger partial charge < -0.3 is 20.2 Å². The fourth-order valence-corrected chi connectivity index (χ4v) is 2.83. The number of cyclic esters (lactones) is 1. The van der Waals surface area contributed by atoms with Crippen molar-refractivity contribution in [1.82, 2.24) is 10.6 Å². The number of anilines is 1. The quantitative estimate of drug-likeness (QED) is 0.645. The number of amides is 1. The molecule has 1 amide bonds. The summed E-state index contributed by atoms with van der Waals surface area (Å²) in [6.45, 7) is 7.92. The van der Waals surface area contributed by atoms with E-state index in [4.69, 9.17) is 23.5 Å². The zero-order valence-electron chi connectivity index (χ0n) is 13.1. The van der Waals surface area contributed by atoms with Crippen molar-refractivity contribution in [3.8, 4) is 0 Å². The van der Waals surface area contributed by atoms with Gasteiger partial charge >= 0.3 is 6.09 Å². The molecule has 24 heavy (non-hydrogen) atoms. The van der Waals surface area contributed by atoms with Crippen molar-refractivity contribution in [1.29, 1.82) is 0 Å². The Balaban J connectivity index is 1.71. The smallest absolute Gasteiger partial charge is 0.414 e. The molecule has 1 saturated carbocycles. The molecule has 1 aliphatic heterocycles. The van der Waals surface area contributed by atoms with Crippen LogP contribution in [0.25, 0.3) is 4.85 Å². The largest absolute Gasteiger partial charge is 0.442 e. The van der Waals surface area contributed by atoms with Gasteiger partial charge in [0.05, 0.1) is 24.3 Å². The van der Waals surface area contributed by atoms with Crippen LogP contribution in [0.5, 0.6) is 0 Å². The highest BCUT2D eigenvalue weighted by Crippen LogP contribution is 2.50. The Labute approximate surface area is 144 Å². The van der Waals surface area contributed by atoms with Crippen molar-refractivity contribution in [2.75, 3.05) is 25.0 Å². The van der Waals surface area contributed by atoms with Gasteiger partial charge in [-0.2, -0.15) is 0 Å². The van der Waals surface area contributed by atoms with E-state index in [-0.39, 0.29) is 6.10 Å². The van der Waals surface area contributed by atoms with Gasteiger partial charge in [0.1, 0.15) is 11.9 Å². The molecule has 0 aromatic heterocycles. The highest BCUT2D eigenvalue weighted by Gasteiger charge is 2.54. The zero-order chi connectivity index (χ0) is 17.3. The summed E-state index contributed by atoms with van der Waals surface area (Å²) < 4.78 is 19.7. The maximum atomic E-state index is 14.4. The minimum atomic E-state index is -0.705. The summed E-state index contributed by atoms with van der Waals surface area (Å²) in [4.78, 5) is 16.9. The monoisotopic (exact) mass is 348 g/mol. The molecule has 0 spiro atoms. The predicted octanol–water partition coefficient (Wildman–Crippen LogP) is 2.15. The van der Waals surface area contributed by atoms with Crippen LogP contribution < -0.4 is 15.5 Å². The molecule has 1 aromatic carbocycles. The molecule has 2 N–H and O–H groups in total. The molecule has 1 aromatic rings. The van der Waals surface area contributed by atoms with Crippen molar-refractivity contribution in [2.24, 2.45) is 0 Å². The first-order valence-electron chi connectivity index (χ1n) is 7.61. The van der Waals surface area contributed by atoms with E-state index in [2.05, 4.69) is 15.5 Å². The van der Waals surface area contributed by atoms with Crippen LogP contribution in [0.4, 0.5) is 14.9 Å². The van der Waals surface area contributed by atoms with E-state index in [1.54, 1.807) is 19.2 Å². The minimum absolute atomic E-state index is 0.310. The first kappa shape index (κ1) is 16.5. The lowest BCUT2D eigenvalue weighted by atomic mass is 10.0. The molecule has 0 radical (unpaired) electrons. The molecule has 1 atom stereocenters. The average Bonchev–Trinajstić information content (AvgIpc) is 3.29. The molecular formula is C16H17FN4O2S. The van der Waals surface area contributed by atoms with Crippen molar-refractivity contribution >= 4 is 29.1 Å². The fraction of sp³-hybridized carbons (Fsp3) is 0.438. The second-order valence-electron chi connectivity index (χ2n) is 5.88. The number of thiocarbonyl (C=S) groups is 1. The Morgan fingerprint density at radius 2 is 2.33 bits per heavy atom. The van der Waals surface area contributed by atoms with E-state index >= 15 is 0 Å². The second kappa shape index (κ2) is 6.24. The van der Waals surface area contributed by atoms with Crippen LogP contribution in [-0.4, -0.2) is 37.4 Å². The number of hydrogen-bond acceptors (Lipinski definition) is 3. The lowest BCUT2D eigenvalue weighted by Crippen LogP contribution is -2.39. The number of carbonyl (C=O) groups excluding carboxylic acids is 1. The highest BCUT2D eigenvalue weighted by molar-refractivity contribution is 7.80. The van der Waals surface area contributed by atoms with Crippen LogP contribution in [0.3, 0.4) is 0 Å². The Morgan fingerprint density at radius 3 is 2.92 bits per heavy atom. The molecule has 1 unspecified atom stereocenters. The van der Waals surface area contributed by atoms with E-state index in [0.717, 1.165) is 0 Å². The fourth-order valence-electron chi connectivity index (χ4n) is 2.74. The lowest BCUT2D eigenvalue weighted by Gasteiger charge is -2.15. The van der Waals surface area contributed by atoms with Crippen molar-refractivity contribution in [3.63, 3.8) is 0 Å². The molecule has 2 fully saturated rings. The van der Waals surface area contributed by atoms with Gasteiger partial charge in [-0.15, -0.1) is 0 Å². The Bertz CT molecular complexity index is 729. The summed E-state index contributed by atoms with van der Waals surface area (Å²) >= 11 is 4.98. The number of ether oxygens (including phenoxy) is 1. The third-order valence-electron chi connectivity index (χ3n) is 4.29. The van der Waals surface area contributed by atoms with Crippen LogP contribution in [0.1, 0.15) is 18.4 Å². The van der Waals surface area contributed by atoms with E-state index in [0.29, 0.717) is 42.3 Å². The summed E-state index contributed by atoms with van der Waals surface area (Å²) in [5, 5.41) is 6.17.